The van der Waals surface area contributed by atoms with Crippen molar-refractivity contribution in [2.75, 3.05) is 11.6 Å². The van der Waals surface area contributed by atoms with Crippen LogP contribution in [0.3, 0.4) is 0 Å². The Morgan fingerprint density at radius 2 is 2.05 bits per heavy atom. The molecule has 112 valence electrons. The molecule has 0 unspecified atom stereocenters. The Morgan fingerprint density at radius 1 is 1.33 bits per heavy atom. The van der Waals surface area contributed by atoms with E-state index in [0.717, 1.165) is 0 Å². The topological polar surface area (TPSA) is 109 Å². The molecule has 0 saturated heterocycles. The van der Waals surface area contributed by atoms with Crippen LogP contribution < -0.4 is 16.3 Å². The Kier molecular flexibility index (Phi) is 4.99. The van der Waals surface area contributed by atoms with Gasteiger partial charge in [-0.05, 0) is 24.3 Å². The molecule has 1 heterocycles. The monoisotopic (exact) mass is 311 g/mol. The van der Waals surface area contributed by atoms with Crippen molar-refractivity contribution in [1.29, 1.82) is 0 Å². The molecule has 2 aromatic rings. The van der Waals surface area contributed by atoms with Crippen molar-refractivity contribution < 1.29 is 13.9 Å². The lowest BCUT2D eigenvalue weighted by Gasteiger charge is -2.06. The molecule has 1 aromatic heterocycles. The number of nitrogens with zero attached hydrogens (tertiary/aromatic N) is 3. The first-order chi connectivity index (χ1) is 10.1. The Hall–Kier alpha value is -2.29. The average Bonchev–Trinajstić information content (AvgIpc) is 2.79. The van der Waals surface area contributed by atoms with Crippen molar-refractivity contribution in [1.82, 2.24) is 14.9 Å². The molecule has 21 heavy (non-hydrogen) atoms. The zero-order valence-corrected chi connectivity index (χ0v) is 11.8. The molecule has 7 nitrogen and oxygen atoms in total. The summed E-state index contributed by atoms with van der Waals surface area (Å²) in [6.07, 6.45) is 0.235. The van der Waals surface area contributed by atoms with E-state index < -0.39 is 0 Å². The number of amides is 1. The molecular formula is C12H14FN5O2S. The second kappa shape index (κ2) is 6.93. The van der Waals surface area contributed by atoms with Crippen LogP contribution in [0.15, 0.2) is 29.4 Å². The van der Waals surface area contributed by atoms with Gasteiger partial charge in [0.2, 0.25) is 11.1 Å². The molecule has 9 heteroatoms. The minimum absolute atomic E-state index is 0.103. The highest BCUT2D eigenvalue weighted by molar-refractivity contribution is 7.99. The van der Waals surface area contributed by atoms with E-state index in [9.17, 15) is 9.18 Å². The molecule has 0 spiro atoms. The lowest BCUT2D eigenvalue weighted by molar-refractivity contribution is -0.117. The van der Waals surface area contributed by atoms with E-state index in [1.54, 1.807) is 0 Å². The fraction of sp³-hybridized carbons (Fsp3) is 0.250. The summed E-state index contributed by atoms with van der Waals surface area (Å²) in [6.45, 7) is 0.103. The van der Waals surface area contributed by atoms with Gasteiger partial charge in [0.25, 0.3) is 0 Å². The van der Waals surface area contributed by atoms with Gasteiger partial charge in [0.1, 0.15) is 18.2 Å². The van der Waals surface area contributed by atoms with Crippen LogP contribution in [-0.2, 0) is 11.4 Å². The van der Waals surface area contributed by atoms with Gasteiger partial charge < -0.3 is 16.3 Å². The zero-order chi connectivity index (χ0) is 15.2. The molecule has 0 aliphatic carbocycles. The Morgan fingerprint density at radius 3 is 2.71 bits per heavy atom. The van der Waals surface area contributed by atoms with E-state index in [-0.39, 0.29) is 24.8 Å². The minimum atomic E-state index is -0.384. The van der Waals surface area contributed by atoms with Crippen LogP contribution in [0.4, 0.5) is 4.39 Å². The SMILES string of the molecule is NC(=O)CCSc1nnc(COc2ccc(F)cc2)n1N. The summed E-state index contributed by atoms with van der Waals surface area (Å²) < 4.78 is 19.5. The fourth-order valence-corrected chi connectivity index (χ4v) is 2.25. The number of carbonyl (C=O) groups is 1. The highest BCUT2D eigenvalue weighted by Crippen LogP contribution is 2.17. The second-order valence-corrected chi connectivity index (χ2v) is 5.14. The van der Waals surface area contributed by atoms with E-state index in [4.69, 9.17) is 16.3 Å². The Labute approximate surface area is 124 Å². The second-order valence-electron chi connectivity index (χ2n) is 4.08. The summed E-state index contributed by atoms with van der Waals surface area (Å²) >= 11 is 1.28. The van der Waals surface area contributed by atoms with Gasteiger partial charge in [-0.3, -0.25) is 4.79 Å². The molecule has 0 fully saturated rings. The minimum Gasteiger partial charge on any atom is -0.486 e. The molecular weight excluding hydrogens is 297 g/mol. The van der Waals surface area contributed by atoms with Crippen molar-refractivity contribution in [2.45, 2.75) is 18.2 Å². The predicted octanol–water partition coefficient (Wildman–Crippen LogP) is 0.677. The number of thioether (sulfide) groups is 1. The molecule has 1 amide bonds. The number of rotatable bonds is 7. The number of nitrogen functional groups attached to an aromatic ring is 1. The van der Waals surface area contributed by atoms with Crippen LogP contribution in [0.25, 0.3) is 0 Å². The Balaban J connectivity index is 1.90. The number of primary amides is 1. The first-order valence-electron chi connectivity index (χ1n) is 6.05. The van der Waals surface area contributed by atoms with Crippen LogP contribution >= 0.6 is 11.8 Å². The largest absolute Gasteiger partial charge is 0.486 e. The quantitative estimate of drug-likeness (QED) is 0.575. The lowest BCUT2D eigenvalue weighted by Crippen LogP contribution is -2.16. The number of halogens is 1. The summed E-state index contributed by atoms with van der Waals surface area (Å²) in [6, 6.07) is 5.62. The van der Waals surface area contributed by atoms with Crippen molar-refractivity contribution in [3.8, 4) is 5.75 Å². The van der Waals surface area contributed by atoms with Crippen molar-refractivity contribution in [3.05, 3.63) is 35.9 Å². The lowest BCUT2D eigenvalue weighted by atomic mass is 10.3. The molecule has 4 N–H and O–H groups in total. The van der Waals surface area contributed by atoms with Crippen molar-refractivity contribution in [3.63, 3.8) is 0 Å². The van der Waals surface area contributed by atoms with E-state index in [1.165, 1.54) is 40.7 Å². The third-order valence-electron chi connectivity index (χ3n) is 2.50. The third-order valence-corrected chi connectivity index (χ3v) is 3.44. The highest BCUT2D eigenvalue weighted by Gasteiger charge is 2.11. The van der Waals surface area contributed by atoms with Gasteiger partial charge in [-0.25, -0.2) is 9.07 Å². The third kappa shape index (κ3) is 4.35. The summed E-state index contributed by atoms with van der Waals surface area (Å²) in [5.41, 5.74) is 5.05. The molecule has 2 rings (SSSR count). The number of nitrogens with two attached hydrogens (primary N) is 2. The molecule has 1 aromatic carbocycles. The summed E-state index contributed by atoms with van der Waals surface area (Å²) in [7, 11) is 0. The van der Waals surface area contributed by atoms with Gasteiger partial charge in [-0.1, -0.05) is 11.8 Å². The van der Waals surface area contributed by atoms with Crippen molar-refractivity contribution in [2.24, 2.45) is 5.73 Å². The van der Waals surface area contributed by atoms with E-state index in [2.05, 4.69) is 10.2 Å². The summed E-state index contributed by atoms with van der Waals surface area (Å²) in [4.78, 5) is 10.7. The molecule has 0 atom stereocenters. The van der Waals surface area contributed by atoms with Gasteiger partial charge in [0.15, 0.2) is 5.82 Å². The molecule has 0 aliphatic heterocycles. The molecule has 0 saturated carbocycles. The number of benzene rings is 1. The molecule has 0 aliphatic rings. The van der Waals surface area contributed by atoms with Crippen LogP contribution in [0, 0.1) is 5.82 Å². The van der Waals surface area contributed by atoms with Crippen LogP contribution in [0.1, 0.15) is 12.2 Å². The molecule has 0 bridgehead atoms. The fourth-order valence-electron chi connectivity index (χ4n) is 1.43. The number of hydrogen-bond donors (Lipinski definition) is 2. The van der Waals surface area contributed by atoms with Crippen molar-refractivity contribution >= 4 is 17.7 Å². The van der Waals surface area contributed by atoms with E-state index >= 15 is 0 Å². The van der Waals surface area contributed by atoms with Gasteiger partial charge in [-0.15, -0.1) is 10.2 Å². The van der Waals surface area contributed by atoms with Crippen LogP contribution in [-0.4, -0.2) is 26.5 Å². The highest BCUT2D eigenvalue weighted by atomic mass is 32.2. The van der Waals surface area contributed by atoms with Gasteiger partial charge in [0, 0.05) is 12.2 Å². The van der Waals surface area contributed by atoms with E-state index in [0.29, 0.717) is 22.5 Å². The maximum absolute atomic E-state index is 12.8. The summed E-state index contributed by atoms with van der Waals surface area (Å²) in [5, 5.41) is 8.26. The maximum Gasteiger partial charge on any atom is 0.218 e. The number of aromatic nitrogens is 3. The van der Waals surface area contributed by atoms with Gasteiger partial charge >= 0.3 is 0 Å². The zero-order valence-electron chi connectivity index (χ0n) is 11.0. The first kappa shape index (κ1) is 15.1. The molecule has 0 radical (unpaired) electrons. The van der Waals surface area contributed by atoms with Crippen LogP contribution in [0.5, 0.6) is 5.75 Å². The number of ether oxygens (including phenoxy) is 1. The van der Waals surface area contributed by atoms with E-state index in [1.807, 2.05) is 0 Å². The van der Waals surface area contributed by atoms with Crippen LogP contribution in [0.2, 0.25) is 0 Å². The standard InChI is InChI=1S/C12H14FN5O2S/c13-8-1-3-9(4-2-8)20-7-11-16-17-12(18(11)15)21-6-5-10(14)19/h1-4H,5-7,15H2,(H2,14,19). The van der Waals surface area contributed by atoms with Gasteiger partial charge in [-0.2, -0.15) is 0 Å². The Bertz CT molecular complexity index is 617. The maximum atomic E-state index is 12.8. The summed E-state index contributed by atoms with van der Waals surface area (Å²) in [5.74, 6) is 6.50. The average molecular weight is 311 g/mol. The number of hydrogen-bond acceptors (Lipinski definition) is 6. The normalized spacial score (nSPS) is 10.5. The number of carbonyl (C=O) groups excluding carboxylic acids is 1. The predicted molar refractivity (Wildman–Crippen MR) is 75.4 cm³/mol. The smallest absolute Gasteiger partial charge is 0.218 e. The van der Waals surface area contributed by atoms with Gasteiger partial charge in [0.05, 0.1) is 0 Å². The first-order valence-corrected chi connectivity index (χ1v) is 7.03.